The minimum Gasteiger partial charge on any atom is -0.496 e. The van der Waals surface area contributed by atoms with Crippen LogP contribution in [0.15, 0.2) is 30.5 Å². The van der Waals surface area contributed by atoms with Gasteiger partial charge in [0.15, 0.2) is 5.82 Å². The summed E-state index contributed by atoms with van der Waals surface area (Å²) in [5.74, 6) is 0.488. The number of carboxylic acid groups (broad SMARTS) is 1. The van der Waals surface area contributed by atoms with Crippen molar-refractivity contribution in [2.75, 3.05) is 24.8 Å². The van der Waals surface area contributed by atoms with E-state index in [1.807, 2.05) is 22.9 Å². The average molecular weight is 428 g/mol. The minimum atomic E-state index is -0.889. The Labute approximate surface area is 180 Å². The number of unbranched alkanes of at least 4 members (excludes halogenated alkanes) is 1. The number of fused-ring (bicyclic) bond motifs is 1. The number of aliphatic hydroxyl groups is 1. The molecule has 9 heteroatoms. The van der Waals surface area contributed by atoms with Crippen LogP contribution in [0.3, 0.4) is 0 Å². The Balaban J connectivity index is 1.99. The third-order valence-electron chi connectivity index (χ3n) is 5.14. The third kappa shape index (κ3) is 5.43. The van der Waals surface area contributed by atoms with Crippen LogP contribution in [0.4, 0.5) is 11.8 Å². The van der Waals surface area contributed by atoms with Crippen LogP contribution in [0.1, 0.15) is 37.3 Å². The molecule has 3 rings (SSSR count). The van der Waals surface area contributed by atoms with Crippen LogP contribution in [0.25, 0.3) is 11.0 Å². The highest BCUT2D eigenvalue weighted by molar-refractivity contribution is 5.87. The van der Waals surface area contributed by atoms with Gasteiger partial charge in [-0.1, -0.05) is 25.8 Å². The normalized spacial score (nSPS) is 12.1. The van der Waals surface area contributed by atoms with E-state index >= 15 is 0 Å². The molecule has 0 saturated carbocycles. The Kier molecular flexibility index (Phi) is 7.30. The SMILES string of the molecule is CCCCC(CO)Nc1nc(N)nc2ccn(Cc3cc(CC(=O)O)ccc3OC)c12. The van der Waals surface area contributed by atoms with Crippen LogP contribution < -0.4 is 15.8 Å². The van der Waals surface area contributed by atoms with Crippen molar-refractivity contribution >= 4 is 28.8 Å². The number of hydrogen-bond donors (Lipinski definition) is 4. The van der Waals surface area contributed by atoms with Gasteiger partial charge in [-0.2, -0.15) is 4.98 Å². The number of nitrogens with zero attached hydrogens (tertiary/aromatic N) is 3. The van der Waals surface area contributed by atoms with E-state index in [2.05, 4.69) is 22.2 Å². The molecule has 0 aliphatic heterocycles. The van der Waals surface area contributed by atoms with Crippen molar-refractivity contribution in [3.63, 3.8) is 0 Å². The maximum absolute atomic E-state index is 11.1. The molecule has 2 heterocycles. The lowest BCUT2D eigenvalue weighted by Crippen LogP contribution is -2.25. The summed E-state index contributed by atoms with van der Waals surface area (Å²) in [4.78, 5) is 19.8. The fourth-order valence-electron chi connectivity index (χ4n) is 3.63. The molecule has 1 unspecified atom stereocenters. The second kappa shape index (κ2) is 10.1. The summed E-state index contributed by atoms with van der Waals surface area (Å²) in [6, 6.07) is 7.07. The number of anilines is 2. The second-order valence-corrected chi connectivity index (χ2v) is 7.49. The van der Waals surface area contributed by atoms with E-state index in [4.69, 9.17) is 15.6 Å². The van der Waals surface area contributed by atoms with Gasteiger partial charge in [-0.15, -0.1) is 0 Å². The van der Waals surface area contributed by atoms with Crippen molar-refractivity contribution in [2.45, 2.75) is 45.2 Å². The molecule has 0 aliphatic rings. The number of aliphatic carboxylic acids is 1. The Morgan fingerprint density at radius 3 is 2.81 bits per heavy atom. The largest absolute Gasteiger partial charge is 0.496 e. The predicted octanol–water partition coefficient (Wildman–Crippen LogP) is 2.66. The summed E-state index contributed by atoms with van der Waals surface area (Å²) in [5.41, 5.74) is 8.88. The summed E-state index contributed by atoms with van der Waals surface area (Å²) < 4.78 is 7.45. The van der Waals surface area contributed by atoms with Gasteiger partial charge in [-0.25, -0.2) is 4.98 Å². The van der Waals surface area contributed by atoms with Crippen LogP contribution in [-0.2, 0) is 17.8 Å². The van der Waals surface area contributed by atoms with E-state index in [-0.39, 0.29) is 25.0 Å². The number of rotatable bonds is 11. The molecule has 31 heavy (non-hydrogen) atoms. The highest BCUT2D eigenvalue weighted by Crippen LogP contribution is 2.27. The number of nitrogens with two attached hydrogens (primary N) is 1. The quantitative estimate of drug-likeness (QED) is 0.367. The monoisotopic (exact) mass is 427 g/mol. The molecule has 166 valence electrons. The van der Waals surface area contributed by atoms with Crippen LogP contribution >= 0.6 is 0 Å². The first kappa shape index (κ1) is 22.4. The van der Waals surface area contributed by atoms with Crippen LogP contribution in [0.2, 0.25) is 0 Å². The maximum atomic E-state index is 11.1. The molecule has 9 nitrogen and oxygen atoms in total. The number of nitrogen functional groups attached to an aromatic ring is 1. The highest BCUT2D eigenvalue weighted by Gasteiger charge is 2.17. The average Bonchev–Trinajstić information content (AvgIpc) is 3.13. The Morgan fingerprint density at radius 2 is 2.13 bits per heavy atom. The van der Waals surface area contributed by atoms with Gasteiger partial charge in [0.25, 0.3) is 0 Å². The zero-order valence-electron chi connectivity index (χ0n) is 17.8. The molecule has 0 amide bonds. The van der Waals surface area contributed by atoms with E-state index in [1.54, 1.807) is 19.2 Å². The van der Waals surface area contributed by atoms with Crippen LogP contribution in [-0.4, -0.2) is 50.5 Å². The summed E-state index contributed by atoms with van der Waals surface area (Å²) >= 11 is 0. The number of nitrogens with one attached hydrogen (secondary N) is 1. The van der Waals surface area contributed by atoms with Gasteiger partial charge in [0.05, 0.1) is 38.2 Å². The van der Waals surface area contributed by atoms with E-state index in [0.29, 0.717) is 29.2 Å². The Morgan fingerprint density at radius 1 is 1.32 bits per heavy atom. The minimum absolute atomic E-state index is 0.0167. The number of carboxylic acids is 1. The fraction of sp³-hybridized carbons (Fsp3) is 0.409. The first-order valence-electron chi connectivity index (χ1n) is 10.3. The van der Waals surface area contributed by atoms with Gasteiger partial charge in [0, 0.05) is 11.8 Å². The molecule has 0 aliphatic carbocycles. The fourth-order valence-corrected chi connectivity index (χ4v) is 3.63. The number of methoxy groups -OCH3 is 1. The smallest absolute Gasteiger partial charge is 0.307 e. The molecule has 0 radical (unpaired) electrons. The van der Waals surface area contributed by atoms with Crippen LogP contribution in [0.5, 0.6) is 5.75 Å². The molecule has 1 atom stereocenters. The van der Waals surface area contributed by atoms with Gasteiger partial charge >= 0.3 is 5.97 Å². The van der Waals surface area contributed by atoms with Gasteiger partial charge in [-0.05, 0) is 30.2 Å². The van der Waals surface area contributed by atoms with E-state index in [9.17, 15) is 9.90 Å². The van der Waals surface area contributed by atoms with Gasteiger partial charge in [-0.3, -0.25) is 4.79 Å². The molecule has 3 aromatic rings. The van der Waals surface area contributed by atoms with Crippen molar-refractivity contribution < 1.29 is 19.7 Å². The van der Waals surface area contributed by atoms with Gasteiger partial charge < -0.3 is 30.6 Å². The zero-order chi connectivity index (χ0) is 22.4. The molecule has 0 bridgehead atoms. The molecule has 0 saturated heterocycles. The van der Waals surface area contributed by atoms with Crippen molar-refractivity contribution in [1.82, 2.24) is 14.5 Å². The first-order chi connectivity index (χ1) is 14.9. The van der Waals surface area contributed by atoms with Crippen LogP contribution in [0, 0.1) is 0 Å². The number of aromatic nitrogens is 3. The van der Waals surface area contributed by atoms with Crippen molar-refractivity contribution in [1.29, 1.82) is 0 Å². The molecule has 1 aromatic carbocycles. The standard InChI is InChI=1S/C22H29N5O4/c1-3-4-5-16(13-28)24-21-20-17(25-22(23)26-21)8-9-27(20)12-15-10-14(11-19(29)30)6-7-18(15)31-2/h6-10,16,28H,3-5,11-13H2,1-2H3,(H,29,30)(H3,23,24,25,26). The predicted molar refractivity (Wildman–Crippen MR) is 119 cm³/mol. The molecule has 5 N–H and O–H groups in total. The van der Waals surface area contributed by atoms with Crippen molar-refractivity contribution in [3.05, 3.63) is 41.6 Å². The number of aliphatic hydroxyl groups excluding tert-OH is 1. The summed E-state index contributed by atoms with van der Waals surface area (Å²) in [7, 11) is 1.58. The summed E-state index contributed by atoms with van der Waals surface area (Å²) in [6.07, 6.45) is 4.64. The first-order valence-corrected chi connectivity index (χ1v) is 10.3. The molecule has 0 fully saturated rings. The lowest BCUT2D eigenvalue weighted by atomic mass is 10.1. The lowest BCUT2D eigenvalue weighted by molar-refractivity contribution is -0.136. The topological polar surface area (TPSA) is 136 Å². The van der Waals surface area contributed by atoms with E-state index in [1.165, 1.54) is 0 Å². The number of ether oxygens (including phenoxy) is 1. The summed E-state index contributed by atoms with van der Waals surface area (Å²) in [6.45, 7) is 2.52. The van der Waals surface area contributed by atoms with Crippen molar-refractivity contribution in [3.8, 4) is 5.75 Å². The van der Waals surface area contributed by atoms with Crippen molar-refractivity contribution in [2.24, 2.45) is 0 Å². The maximum Gasteiger partial charge on any atom is 0.307 e. The van der Waals surface area contributed by atoms with Gasteiger partial charge in [0.2, 0.25) is 5.95 Å². The van der Waals surface area contributed by atoms with E-state index < -0.39 is 5.97 Å². The van der Waals surface area contributed by atoms with Gasteiger partial charge in [0.1, 0.15) is 11.3 Å². The molecular weight excluding hydrogens is 398 g/mol. The number of benzene rings is 1. The van der Waals surface area contributed by atoms with E-state index in [0.717, 1.165) is 30.3 Å². The number of carbonyl (C=O) groups is 1. The summed E-state index contributed by atoms with van der Waals surface area (Å²) in [5, 5.41) is 22.2. The molecular formula is C22H29N5O4. The third-order valence-corrected chi connectivity index (χ3v) is 5.14. The molecule has 2 aromatic heterocycles. The zero-order valence-corrected chi connectivity index (χ0v) is 17.8. The number of hydrogen-bond acceptors (Lipinski definition) is 7. The highest BCUT2D eigenvalue weighted by atomic mass is 16.5. The Hall–Kier alpha value is -3.33. The second-order valence-electron chi connectivity index (χ2n) is 7.49. The lowest BCUT2D eigenvalue weighted by Gasteiger charge is -2.19. The Bertz CT molecular complexity index is 1050. The molecule has 0 spiro atoms.